The summed E-state index contributed by atoms with van der Waals surface area (Å²) in [6, 6.07) is 53.1. The van der Waals surface area contributed by atoms with Crippen LogP contribution in [-0.4, -0.2) is 19.9 Å². The van der Waals surface area contributed by atoms with Crippen LogP contribution in [0.25, 0.3) is 101 Å². The summed E-state index contributed by atoms with van der Waals surface area (Å²) in [6.07, 6.45) is 0. The van der Waals surface area contributed by atoms with E-state index in [-0.39, 0.29) is 0 Å². The van der Waals surface area contributed by atoms with Gasteiger partial charge in [0.25, 0.3) is 0 Å². The molecule has 0 aliphatic carbocycles. The standard InChI is InChI=1S/C44H26N4O2/c1-3-13-29(14-4-1)41-46-42(30-24-22-28(23-25-30)33-20-11-17-27-12-7-8-18-32(27)33)48-43(47-41)39-38-34-19-9-10-21-36(34)49-37(38)26-35-40(39)50-44(45-35)31-15-5-2-6-16-31/h1-26H. The predicted molar refractivity (Wildman–Crippen MR) is 199 cm³/mol. The fourth-order valence-electron chi connectivity index (χ4n) is 6.80. The molecule has 0 N–H and O–H groups in total. The molecule has 0 aliphatic rings. The zero-order chi connectivity index (χ0) is 33.0. The second-order valence-corrected chi connectivity index (χ2v) is 12.2. The van der Waals surface area contributed by atoms with Crippen LogP contribution in [0.2, 0.25) is 0 Å². The van der Waals surface area contributed by atoms with E-state index in [1.54, 1.807) is 0 Å². The predicted octanol–water partition coefficient (Wildman–Crippen LogP) is 11.4. The van der Waals surface area contributed by atoms with Crippen molar-refractivity contribution in [2.24, 2.45) is 0 Å². The number of rotatable bonds is 5. The maximum atomic E-state index is 6.60. The quantitative estimate of drug-likeness (QED) is 0.186. The van der Waals surface area contributed by atoms with Crippen LogP contribution in [0.1, 0.15) is 0 Å². The normalized spacial score (nSPS) is 11.6. The Hall–Kier alpha value is -6.92. The first-order valence-corrected chi connectivity index (χ1v) is 16.5. The Kier molecular flexibility index (Phi) is 6.39. The number of hydrogen-bond donors (Lipinski definition) is 0. The highest BCUT2D eigenvalue weighted by atomic mass is 16.4. The molecule has 7 aromatic carbocycles. The van der Waals surface area contributed by atoms with Gasteiger partial charge in [0.2, 0.25) is 5.89 Å². The minimum absolute atomic E-state index is 0.477. The largest absolute Gasteiger partial charge is 0.456 e. The fraction of sp³-hybridized carbons (Fsp3) is 0. The van der Waals surface area contributed by atoms with E-state index < -0.39 is 0 Å². The first-order valence-electron chi connectivity index (χ1n) is 16.5. The Morgan fingerprint density at radius 1 is 0.400 bits per heavy atom. The molecule has 6 heteroatoms. The Bertz CT molecular complexity index is 2850. The maximum Gasteiger partial charge on any atom is 0.227 e. The van der Waals surface area contributed by atoms with Crippen LogP contribution in [0.5, 0.6) is 0 Å². The molecule has 0 aliphatic heterocycles. The number of oxazole rings is 1. The van der Waals surface area contributed by atoms with Gasteiger partial charge in [-0.15, -0.1) is 0 Å². The minimum Gasteiger partial charge on any atom is -0.456 e. The molecule has 234 valence electrons. The Morgan fingerprint density at radius 3 is 1.78 bits per heavy atom. The van der Waals surface area contributed by atoms with Gasteiger partial charge >= 0.3 is 0 Å². The number of hydrogen-bond acceptors (Lipinski definition) is 6. The molecular weight excluding hydrogens is 617 g/mol. The van der Waals surface area contributed by atoms with Crippen LogP contribution in [0.15, 0.2) is 167 Å². The van der Waals surface area contributed by atoms with E-state index in [0.717, 1.165) is 38.6 Å². The molecule has 0 saturated carbocycles. The lowest BCUT2D eigenvalue weighted by molar-refractivity contribution is 0.620. The van der Waals surface area contributed by atoms with E-state index in [4.69, 9.17) is 28.8 Å². The van der Waals surface area contributed by atoms with Gasteiger partial charge in [0.15, 0.2) is 23.1 Å². The molecule has 10 aromatic rings. The zero-order valence-electron chi connectivity index (χ0n) is 26.6. The molecule has 50 heavy (non-hydrogen) atoms. The summed E-state index contributed by atoms with van der Waals surface area (Å²) < 4.78 is 13.0. The minimum atomic E-state index is 0.477. The molecule has 10 rings (SSSR count). The van der Waals surface area contributed by atoms with Crippen LogP contribution < -0.4 is 0 Å². The van der Waals surface area contributed by atoms with E-state index in [1.807, 2.05) is 84.9 Å². The van der Waals surface area contributed by atoms with Gasteiger partial charge in [-0.3, -0.25) is 0 Å². The molecular formula is C44H26N4O2. The van der Waals surface area contributed by atoms with Gasteiger partial charge in [0, 0.05) is 33.5 Å². The van der Waals surface area contributed by atoms with Gasteiger partial charge in [-0.05, 0) is 40.1 Å². The number of fused-ring (bicyclic) bond motifs is 5. The maximum absolute atomic E-state index is 6.60. The molecule has 3 heterocycles. The number of furan rings is 1. The fourth-order valence-corrected chi connectivity index (χ4v) is 6.80. The molecule has 6 nitrogen and oxygen atoms in total. The molecule has 3 aromatic heterocycles. The number of nitrogens with zero attached hydrogens (tertiary/aromatic N) is 4. The monoisotopic (exact) mass is 642 g/mol. The van der Waals surface area contributed by atoms with Crippen LogP contribution in [0, 0.1) is 0 Å². The van der Waals surface area contributed by atoms with Gasteiger partial charge in [0.05, 0.1) is 5.56 Å². The number of benzene rings is 7. The molecule has 0 bridgehead atoms. The molecule has 0 atom stereocenters. The van der Waals surface area contributed by atoms with Crippen molar-refractivity contribution in [3.63, 3.8) is 0 Å². The SMILES string of the molecule is c1ccc(-c2nc(-c3ccc(-c4cccc5ccccc45)cc3)nc(-c3c4oc(-c5ccccc5)nc4cc4oc5ccccc5c34)n2)cc1. The van der Waals surface area contributed by atoms with Gasteiger partial charge in [-0.1, -0.05) is 133 Å². The van der Waals surface area contributed by atoms with Crippen LogP contribution >= 0.6 is 0 Å². The van der Waals surface area contributed by atoms with Crippen LogP contribution in [0.4, 0.5) is 0 Å². The average Bonchev–Trinajstić information content (AvgIpc) is 3.79. The summed E-state index contributed by atoms with van der Waals surface area (Å²) >= 11 is 0. The van der Waals surface area contributed by atoms with Crippen molar-refractivity contribution < 1.29 is 8.83 Å². The van der Waals surface area contributed by atoms with E-state index >= 15 is 0 Å². The lowest BCUT2D eigenvalue weighted by Gasteiger charge is -2.11. The third-order valence-corrected chi connectivity index (χ3v) is 9.18. The Morgan fingerprint density at radius 2 is 1.00 bits per heavy atom. The van der Waals surface area contributed by atoms with E-state index in [2.05, 4.69) is 72.8 Å². The first-order chi connectivity index (χ1) is 24.8. The van der Waals surface area contributed by atoms with E-state index in [1.165, 1.54) is 16.3 Å². The second-order valence-electron chi connectivity index (χ2n) is 12.2. The van der Waals surface area contributed by atoms with Gasteiger partial charge in [0.1, 0.15) is 16.7 Å². The van der Waals surface area contributed by atoms with E-state index in [0.29, 0.717) is 45.6 Å². The summed E-state index contributed by atoms with van der Waals surface area (Å²) in [4.78, 5) is 20.2. The van der Waals surface area contributed by atoms with Crippen molar-refractivity contribution >= 4 is 43.8 Å². The van der Waals surface area contributed by atoms with E-state index in [9.17, 15) is 0 Å². The van der Waals surface area contributed by atoms with Crippen LogP contribution in [-0.2, 0) is 0 Å². The molecule has 0 radical (unpaired) electrons. The lowest BCUT2D eigenvalue weighted by Crippen LogP contribution is -2.00. The Balaban J connectivity index is 1.21. The number of para-hydroxylation sites is 1. The average molecular weight is 643 g/mol. The molecule has 0 amide bonds. The molecule has 0 fully saturated rings. The highest BCUT2D eigenvalue weighted by Gasteiger charge is 2.24. The summed E-state index contributed by atoms with van der Waals surface area (Å²) in [5.74, 6) is 2.11. The van der Waals surface area contributed by atoms with Crippen molar-refractivity contribution in [3.05, 3.63) is 158 Å². The third-order valence-electron chi connectivity index (χ3n) is 9.18. The van der Waals surface area contributed by atoms with Crippen molar-refractivity contribution in [1.82, 2.24) is 19.9 Å². The van der Waals surface area contributed by atoms with Crippen molar-refractivity contribution in [2.75, 3.05) is 0 Å². The summed E-state index contributed by atoms with van der Waals surface area (Å²) in [6.45, 7) is 0. The first kappa shape index (κ1) is 28.1. The van der Waals surface area contributed by atoms with Crippen molar-refractivity contribution in [3.8, 4) is 56.7 Å². The summed E-state index contributed by atoms with van der Waals surface area (Å²) in [5, 5.41) is 4.23. The van der Waals surface area contributed by atoms with Gasteiger partial charge in [-0.2, -0.15) is 0 Å². The number of aromatic nitrogens is 4. The highest BCUT2D eigenvalue weighted by Crippen LogP contribution is 2.42. The third kappa shape index (κ3) is 4.65. The lowest BCUT2D eigenvalue weighted by atomic mass is 9.97. The van der Waals surface area contributed by atoms with Crippen molar-refractivity contribution in [1.29, 1.82) is 0 Å². The summed E-state index contributed by atoms with van der Waals surface area (Å²) in [7, 11) is 0. The Labute approximate surface area is 286 Å². The summed E-state index contributed by atoms with van der Waals surface area (Å²) in [5.41, 5.74) is 8.34. The molecule has 0 saturated heterocycles. The molecule has 0 unspecified atom stereocenters. The topological polar surface area (TPSA) is 77.8 Å². The van der Waals surface area contributed by atoms with Gasteiger partial charge in [-0.25, -0.2) is 19.9 Å². The highest BCUT2D eigenvalue weighted by molar-refractivity contribution is 6.18. The zero-order valence-corrected chi connectivity index (χ0v) is 26.6. The van der Waals surface area contributed by atoms with Crippen LogP contribution in [0.3, 0.4) is 0 Å². The van der Waals surface area contributed by atoms with Gasteiger partial charge < -0.3 is 8.83 Å². The smallest absolute Gasteiger partial charge is 0.227 e. The second kappa shape index (κ2) is 11.4. The molecule has 0 spiro atoms. The van der Waals surface area contributed by atoms with Crippen molar-refractivity contribution in [2.45, 2.75) is 0 Å².